The number of rotatable bonds is 5. The molecule has 0 saturated carbocycles. The number of para-hydroxylation sites is 2. The SMILES string of the molecule is CCOc1ccccc1NC(=O)C(C#N)=Cc1ccc(C)o1. The van der Waals surface area contributed by atoms with Gasteiger partial charge in [0.25, 0.3) is 5.91 Å². The summed E-state index contributed by atoms with van der Waals surface area (Å²) in [5.74, 6) is 1.22. The van der Waals surface area contributed by atoms with E-state index >= 15 is 0 Å². The van der Waals surface area contributed by atoms with Crippen LogP contribution in [0.15, 0.2) is 46.4 Å². The van der Waals surface area contributed by atoms with Crippen LogP contribution in [-0.4, -0.2) is 12.5 Å². The van der Waals surface area contributed by atoms with Gasteiger partial charge < -0.3 is 14.5 Å². The molecule has 0 saturated heterocycles. The normalized spacial score (nSPS) is 10.9. The van der Waals surface area contributed by atoms with Gasteiger partial charge in [0.15, 0.2) is 0 Å². The Morgan fingerprint density at radius 2 is 2.14 bits per heavy atom. The van der Waals surface area contributed by atoms with Crippen molar-refractivity contribution < 1.29 is 13.9 Å². The maximum absolute atomic E-state index is 12.2. The van der Waals surface area contributed by atoms with Crippen LogP contribution in [0.4, 0.5) is 5.69 Å². The lowest BCUT2D eigenvalue weighted by Gasteiger charge is -2.10. The van der Waals surface area contributed by atoms with Crippen molar-refractivity contribution in [3.63, 3.8) is 0 Å². The Kier molecular flexibility index (Phi) is 4.99. The molecule has 5 heteroatoms. The van der Waals surface area contributed by atoms with Gasteiger partial charge in [-0.2, -0.15) is 5.26 Å². The van der Waals surface area contributed by atoms with Crippen LogP contribution < -0.4 is 10.1 Å². The van der Waals surface area contributed by atoms with E-state index in [0.29, 0.717) is 29.6 Å². The summed E-state index contributed by atoms with van der Waals surface area (Å²) >= 11 is 0. The average molecular weight is 296 g/mol. The zero-order chi connectivity index (χ0) is 15.9. The van der Waals surface area contributed by atoms with Crippen LogP contribution >= 0.6 is 0 Å². The first-order valence-electron chi connectivity index (χ1n) is 6.85. The maximum atomic E-state index is 12.2. The van der Waals surface area contributed by atoms with E-state index in [1.807, 2.05) is 19.1 Å². The van der Waals surface area contributed by atoms with E-state index in [1.165, 1.54) is 6.08 Å². The van der Waals surface area contributed by atoms with Crippen LogP contribution in [0, 0.1) is 18.3 Å². The summed E-state index contributed by atoms with van der Waals surface area (Å²) in [6.45, 7) is 4.14. The topological polar surface area (TPSA) is 75.3 Å². The summed E-state index contributed by atoms with van der Waals surface area (Å²) in [6, 6.07) is 12.4. The van der Waals surface area contributed by atoms with Gasteiger partial charge >= 0.3 is 0 Å². The van der Waals surface area contributed by atoms with E-state index in [1.54, 1.807) is 37.3 Å². The molecule has 0 aliphatic heterocycles. The number of carbonyl (C=O) groups is 1. The predicted octanol–water partition coefficient (Wildman–Crippen LogP) is 3.53. The molecule has 0 spiro atoms. The van der Waals surface area contributed by atoms with Crippen LogP contribution in [0.25, 0.3) is 6.08 Å². The molecule has 0 bridgehead atoms. The van der Waals surface area contributed by atoms with E-state index in [0.717, 1.165) is 0 Å². The number of nitrogens with one attached hydrogen (secondary N) is 1. The third-order valence-electron chi connectivity index (χ3n) is 2.85. The molecule has 1 amide bonds. The molecule has 0 fully saturated rings. The standard InChI is InChI=1S/C17H16N2O3/c1-3-21-16-7-5-4-6-15(16)19-17(20)13(11-18)10-14-9-8-12(2)22-14/h4-10H,3H2,1-2H3,(H,19,20). The van der Waals surface area contributed by atoms with Crippen LogP contribution in [-0.2, 0) is 4.79 Å². The van der Waals surface area contributed by atoms with E-state index < -0.39 is 5.91 Å². The molecule has 1 N–H and O–H groups in total. The van der Waals surface area contributed by atoms with Crippen molar-refractivity contribution in [2.45, 2.75) is 13.8 Å². The first-order chi connectivity index (χ1) is 10.6. The number of carbonyl (C=O) groups excluding carboxylic acids is 1. The Morgan fingerprint density at radius 3 is 2.77 bits per heavy atom. The number of aryl methyl sites for hydroxylation is 1. The van der Waals surface area contributed by atoms with Gasteiger partial charge in [0.1, 0.15) is 28.9 Å². The van der Waals surface area contributed by atoms with Gasteiger partial charge in [0.2, 0.25) is 0 Å². The number of benzene rings is 1. The molecule has 1 heterocycles. The smallest absolute Gasteiger partial charge is 0.266 e. The van der Waals surface area contributed by atoms with Gasteiger partial charge in [-0.05, 0) is 38.1 Å². The van der Waals surface area contributed by atoms with Crippen LogP contribution in [0.1, 0.15) is 18.4 Å². The molecule has 0 radical (unpaired) electrons. The molecule has 1 aromatic heterocycles. The van der Waals surface area contributed by atoms with Crippen molar-refractivity contribution in [2.75, 3.05) is 11.9 Å². The Labute approximate surface area is 128 Å². The average Bonchev–Trinajstić information content (AvgIpc) is 2.92. The highest BCUT2D eigenvalue weighted by atomic mass is 16.5. The second-order valence-corrected chi connectivity index (χ2v) is 4.50. The highest BCUT2D eigenvalue weighted by Gasteiger charge is 2.13. The number of ether oxygens (including phenoxy) is 1. The lowest BCUT2D eigenvalue weighted by Crippen LogP contribution is -2.14. The van der Waals surface area contributed by atoms with E-state index in [-0.39, 0.29) is 5.57 Å². The molecule has 2 aromatic rings. The number of furan rings is 1. The minimum Gasteiger partial charge on any atom is -0.492 e. The number of nitrogens with zero attached hydrogens (tertiary/aromatic N) is 1. The zero-order valence-electron chi connectivity index (χ0n) is 12.4. The zero-order valence-corrected chi connectivity index (χ0v) is 12.4. The fourth-order valence-electron chi connectivity index (χ4n) is 1.86. The number of nitriles is 1. The molecular formula is C17H16N2O3. The van der Waals surface area contributed by atoms with Crippen molar-refractivity contribution in [1.82, 2.24) is 0 Å². The van der Waals surface area contributed by atoms with Crippen molar-refractivity contribution in [2.24, 2.45) is 0 Å². The second-order valence-electron chi connectivity index (χ2n) is 4.50. The quantitative estimate of drug-likeness (QED) is 0.676. The Bertz CT molecular complexity index is 738. The van der Waals surface area contributed by atoms with Crippen molar-refractivity contribution in [1.29, 1.82) is 5.26 Å². The first kappa shape index (κ1) is 15.4. The Balaban J connectivity index is 2.20. The highest BCUT2D eigenvalue weighted by Crippen LogP contribution is 2.24. The fourth-order valence-corrected chi connectivity index (χ4v) is 1.86. The molecule has 1 aromatic carbocycles. The number of hydrogen-bond acceptors (Lipinski definition) is 4. The number of hydrogen-bond donors (Lipinski definition) is 1. The molecule has 112 valence electrons. The number of anilines is 1. The van der Waals surface area contributed by atoms with Crippen molar-refractivity contribution in [3.05, 3.63) is 53.5 Å². The van der Waals surface area contributed by atoms with Gasteiger partial charge in [-0.15, -0.1) is 0 Å². The van der Waals surface area contributed by atoms with Gasteiger partial charge in [-0.1, -0.05) is 12.1 Å². The minimum absolute atomic E-state index is 0.0411. The molecule has 0 aliphatic rings. The third kappa shape index (κ3) is 3.76. The van der Waals surface area contributed by atoms with Gasteiger partial charge in [0.05, 0.1) is 12.3 Å². The van der Waals surface area contributed by atoms with Crippen molar-refractivity contribution in [3.8, 4) is 11.8 Å². The van der Waals surface area contributed by atoms with Gasteiger partial charge in [0, 0.05) is 6.08 Å². The summed E-state index contributed by atoms with van der Waals surface area (Å²) < 4.78 is 10.8. The van der Waals surface area contributed by atoms with Gasteiger partial charge in [-0.25, -0.2) is 0 Å². The molecule has 0 unspecified atom stereocenters. The summed E-state index contributed by atoms with van der Waals surface area (Å²) in [5.41, 5.74) is 0.478. The van der Waals surface area contributed by atoms with Gasteiger partial charge in [-0.3, -0.25) is 4.79 Å². The van der Waals surface area contributed by atoms with Crippen LogP contribution in [0.2, 0.25) is 0 Å². The summed E-state index contributed by atoms with van der Waals surface area (Å²) in [4.78, 5) is 12.2. The van der Waals surface area contributed by atoms with E-state index in [4.69, 9.17) is 14.4 Å². The molecule has 5 nitrogen and oxygen atoms in total. The number of amides is 1. The van der Waals surface area contributed by atoms with E-state index in [9.17, 15) is 4.79 Å². The van der Waals surface area contributed by atoms with Crippen LogP contribution in [0.3, 0.4) is 0 Å². The fraction of sp³-hybridized carbons (Fsp3) is 0.176. The van der Waals surface area contributed by atoms with Crippen molar-refractivity contribution >= 4 is 17.7 Å². The first-order valence-corrected chi connectivity index (χ1v) is 6.85. The largest absolute Gasteiger partial charge is 0.492 e. The summed E-state index contributed by atoms with van der Waals surface area (Å²) in [7, 11) is 0. The molecule has 0 atom stereocenters. The molecule has 0 aliphatic carbocycles. The predicted molar refractivity (Wildman–Crippen MR) is 83.3 cm³/mol. The molecular weight excluding hydrogens is 280 g/mol. The highest BCUT2D eigenvalue weighted by molar-refractivity contribution is 6.10. The molecule has 2 rings (SSSR count). The second kappa shape index (κ2) is 7.14. The minimum atomic E-state index is -0.510. The summed E-state index contributed by atoms with van der Waals surface area (Å²) in [5, 5.41) is 11.8. The maximum Gasteiger partial charge on any atom is 0.266 e. The lowest BCUT2D eigenvalue weighted by atomic mass is 10.2. The van der Waals surface area contributed by atoms with E-state index in [2.05, 4.69) is 5.32 Å². The molecule has 22 heavy (non-hydrogen) atoms. The third-order valence-corrected chi connectivity index (χ3v) is 2.85. The Hall–Kier alpha value is -3.00. The lowest BCUT2D eigenvalue weighted by molar-refractivity contribution is -0.112. The monoisotopic (exact) mass is 296 g/mol. The Morgan fingerprint density at radius 1 is 1.36 bits per heavy atom. The van der Waals surface area contributed by atoms with Crippen LogP contribution in [0.5, 0.6) is 5.75 Å². The summed E-state index contributed by atoms with van der Waals surface area (Å²) in [6.07, 6.45) is 1.41.